The van der Waals surface area contributed by atoms with E-state index >= 15 is 0 Å². The minimum Gasteiger partial charge on any atom is -0.344 e. The molecule has 2 aromatic rings. The first-order valence-corrected chi connectivity index (χ1v) is 9.64. The predicted molar refractivity (Wildman–Crippen MR) is 101 cm³/mol. The molecule has 0 spiro atoms. The second-order valence-electron chi connectivity index (χ2n) is 7.39. The number of nitrogens with two attached hydrogens (primary N) is 1. The van der Waals surface area contributed by atoms with E-state index in [4.69, 9.17) is 10.3 Å². The Balaban J connectivity index is 1.56. The van der Waals surface area contributed by atoms with Gasteiger partial charge in [0.15, 0.2) is 0 Å². The largest absolute Gasteiger partial charge is 0.344 e. The number of carbonyl (C=O) groups excluding carboxylic acids is 2. The number of carbonyl (C=O) groups is 2. The number of hydrogen-bond acceptors (Lipinski definition) is 6. The molecule has 1 aliphatic carbocycles. The quantitative estimate of drug-likeness (QED) is 0.587. The van der Waals surface area contributed by atoms with Crippen LogP contribution in [-0.4, -0.2) is 39.8 Å². The summed E-state index contributed by atoms with van der Waals surface area (Å²) in [5, 5.41) is 6.10. The molecule has 1 amide bonds. The van der Waals surface area contributed by atoms with Gasteiger partial charge in [-0.2, -0.15) is 4.98 Å². The number of benzene rings is 1. The van der Waals surface area contributed by atoms with Gasteiger partial charge >= 0.3 is 0 Å². The van der Waals surface area contributed by atoms with Gasteiger partial charge in [-0.25, -0.2) is 8.78 Å². The highest BCUT2D eigenvalue weighted by Crippen LogP contribution is 2.38. The Hall–Kier alpha value is -2.68. The molecule has 1 unspecified atom stereocenters. The first kappa shape index (κ1) is 21.0. The highest BCUT2D eigenvalue weighted by atomic mass is 19.3. The number of nitrogens with zero attached hydrogens (tertiary/aromatic N) is 2. The van der Waals surface area contributed by atoms with Gasteiger partial charge < -0.3 is 15.6 Å². The number of aromatic nitrogens is 2. The third-order valence-electron chi connectivity index (χ3n) is 4.79. The molecule has 156 valence electrons. The molecule has 1 aromatic heterocycles. The first-order valence-electron chi connectivity index (χ1n) is 9.64. The summed E-state index contributed by atoms with van der Waals surface area (Å²) in [6, 6.07) is 5.84. The zero-order chi connectivity index (χ0) is 21.0. The van der Waals surface area contributed by atoms with Crippen molar-refractivity contribution in [3.63, 3.8) is 0 Å². The number of nitrogens with one attached hydrogen (secondary N) is 1. The van der Waals surface area contributed by atoms with Crippen molar-refractivity contribution in [2.24, 2.45) is 5.73 Å². The molecule has 0 radical (unpaired) electrons. The highest BCUT2D eigenvalue weighted by molar-refractivity contribution is 5.99. The van der Waals surface area contributed by atoms with Gasteiger partial charge in [-0.15, -0.1) is 0 Å². The Kier molecular flexibility index (Phi) is 6.36. The molecular weight excluding hydrogens is 382 g/mol. The second kappa shape index (κ2) is 8.77. The lowest BCUT2D eigenvalue weighted by Crippen LogP contribution is -2.50. The van der Waals surface area contributed by atoms with Crippen LogP contribution >= 0.6 is 0 Å². The molecule has 3 rings (SSSR count). The van der Waals surface area contributed by atoms with Crippen molar-refractivity contribution >= 4 is 11.7 Å². The highest BCUT2D eigenvalue weighted by Gasteiger charge is 2.36. The van der Waals surface area contributed by atoms with Crippen molar-refractivity contribution in [3.05, 3.63) is 47.6 Å². The van der Waals surface area contributed by atoms with E-state index in [1.54, 1.807) is 37.3 Å². The van der Waals surface area contributed by atoms with Gasteiger partial charge in [-0.1, -0.05) is 42.4 Å². The van der Waals surface area contributed by atoms with Crippen LogP contribution in [0.5, 0.6) is 0 Å². The Labute approximate surface area is 167 Å². The summed E-state index contributed by atoms with van der Waals surface area (Å²) in [6.45, 7) is 1.68. The fourth-order valence-corrected chi connectivity index (χ4v) is 3.00. The minimum absolute atomic E-state index is 0.123. The predicted octanol–water partition coefficient (Wildman–Crippen LogP) is 2.62. The van der Waals surface area contributed by atoms with E-state index in [0.29, 0.717) is 11.5 Å². The third kappa shape index (κ3) is 5.66. The number of halogens is 2. The minimum atomic E-state index is -3.16. The smallest absolute Gasteiger partial charge is 0.254 e. The lowest BCUT2D eigenvalue weighted by atomic mass is 10.00. The van der Waals surface area contributed by atoms with E-state index in [1.165, 1.54) is 0 Å². The number of rotatable bonds is 10. The van der Waals surface area contributed by atoms with Gasteiger partial charge in [0.1, 0.15) is 0 Å². The molecule has 7 nitrogen and oxygen atoms in total. The average Bonchev–Trinajstić information content (AvgIpc) is 3.42. The van der Waals surface area contributed by atoms with Crippen LogP contribution in [0.25, 0.3) is 0 Å². The van der Waals surface area contributed by atoms with Gasteiger partial charge in [0.25, 0.3) is 5.92 Å². The van der Waals surface area contributed by atoms with E-state index in [0.717, 1.165) is 12.8 Å². The topological polar surface area (TPSA) is 111 Å². The average molecular weight is 406 g/mol. The Morgan fingerprint density at radius 3 is 2.62 bits per heavy atom. The number of hydrogen-bond donors (Lipinski definition) is 2. The molecule has 3 N–H and O–H groups in total. The van der Waals surface area contributed by atoms with E-state index in [2.05, 4.69) is 15.5 Å². The van der Waals surface area contributed by atoms with Crippen LogP contribution in [0, 0.1) is 0 Å². The van der Waals surface area contributed by atoms with E-state index in [9.17, 15) is 18.4 Å². The van der Waals surface area contributed by atoms with E-state index in [1.807, 2.05) is 0 Å². The van der Waals surface area contributed by atoms with Gasteiger partial charge in [0.05, 0.1) is 12.1 Å². The molecule has 1 heterocycles. The summed E-state index contributed by atoms with van der Waals surface area (Å²) >= 11 is 0. The normalized spacial score (nSPS) is 16.3. The summed E-state index contributed by atoms with van der Waals surface area (Å²) in [7, 11) is 0. The van der Waals surface area contributed by atoms with Crippen molar-refractivity contribution in [1.29, 1.82) is 0 Å². The maximum absolute atomic E-state index is 14.3. The second-order valence-corrected chi connectivity index (χ2v) is 7.39. The summed E-state index contributed by atoms with van der Waals surface area (Å²) in [6.07, 6.45) is 0.779. The molecule has 1 fully saturated rings. The number of alkyl halides is 2. The van der Waals surface area contributed by atoms with Gasteiger partial charge in [-0.3, -0.25) is 9.59 Å². The molecule has 1 aromatic carbocycles. The van der Waals surface area contributed by atoms with Crippen LogP contribution in [0.15, 0.2) is 34.9 Å². The van der Waals surface area contributed by atoms with Crippen LogP contribution < -0.4 is 11.1 Å². The maximum Gasteiger partial charge on any atom is 0.254 e. The van der Waals surface area contributed by atoms with E-state index in [-0.39, 0.29) is 18.2 Å². The lowest BCUT2D eigenvalue weighted by Gasteiger charge is -2.22. The van der Waals surface area contributed by atoms with E-state index < -0.39 is 42.5 Å². The molecule has 2 atom stereocenters. The Morgan fingerprint density at radius 1 is 1.31 bits per heavy atom. The number of amides is 1. The Bertz CT molecular complexity index is 852. The summed E-state index contributed by atoms with van der Waals surface area (Å²) in [5.74, 6) is -4.02. The number of ketones is 1. The summed E-state index contributed by atoms with van der Waals surface area (Å²) in [4.78, 5) is 28.9. The number of Topliss-reactive ketones (excluding diaryl/α,β-unsaturated/α-hetero) is 1. The van der Waals surface area contributed by atoms with Crippen LogP contribution in [0.1, 0.15) is 60.6 Å². The molecule has 9 heteroatoms. The molecule has 1 aliphatic rings. The summed E-state index contributed by atoms with van der Waals surface area (Å²) < 4.78 is 33.6. The molecule has 0 bridgehead atoms. The summed E-state index contributed by atoms with van der Waals surface area (Å²) in [5.41, 5.74) is 6.15. The van der Waals surface area contributed by atoms with Crippen molar-refractivity contribution in [3.8, 4) is 0 Å². The van der Waals surface area contributed by atoms with Crippen molar-refractivity contribution in [2.75, 3.05) is 0 Å². The van der Waals surface area contributed by atoms with Crippen LogP contribution in [0.2, 0.25) is 0 Å². The van der Waals surface area contributed by atoms with Crippen molar-refractivity contribution < 1.29 is 22.9 Å². The third-order valence-corrected chi connectivity index (χ3v) is 4.79. The van der Waals surface area contributed by atoms with Crippen LogP contribution in [0.3, 0.4) is 0 Å². The van der Waals surface area contributed by atoms with Crippen LogP contribution in [-0.2, 0) is 11.2 Å². The van der Waals surface area contributed by atoms with Crippen molar-refractivity contribution in [1.82, 2.24) is 15.5 Å². The van der Waals surface area contributed by atoms with Gasteiger partial charge in [-0.05, 0) is 24.8 Å². The first-order chi connectivity index (χ1) is 13.8. The molecule has 1 saturated carbocycles. The zero-order valence-electron chi connectivity index (χ0n) is 16.1. The molecule has 0 saturated heterocycles. The SMILES string of the molecule is CCC(NC(=O)[C@@H](N)CC(F)(F)Cc1ccccc1)C(=O)c1noc(C2CC2)n1. The fourth-order valence-electron chi connectivity index (χ4n) is 3.00. The van der Waals surface area contributed by atoms with Crippen LogP contribution in [0.4, 0.5) is 8.78 Å². The zero-order valence-corrected chi connectivity index (χ0v) is 16.1. The maximum atomic E-state index is 14.3. The Morgan fingerprint density at radius 2 is 2.00 bits per heavy atom. The lowest BCUT2D eigenvalue weighted by molar-refractivity contribution is -0.125. The van der Waals surface area contributed by atoms with Gasteiger partial charge in [0, 0.05) is 18.8 Å². The molecule has 0 aliphatic heterocycles. The molecule has 29 heavy (non-hydrogen) atoms. The van der Waals surface area contributed by atoms with Crippen molar-refractivity contribution in [2.45, 2.75) is 63.0 Å². The fraction of sp³-hybridized carbons (Fsp3) is 0.500. The standard InChI is InChI=1S/C20H24F2N4O3/c1-2-15(16(27)17-25-19(29-26-17)13-8-9-13)24-18(28)14(23)11-20(21,22)10-12-6-4-3-5-7-12/h3-7,13-15H,2,8-11,23H2,1H3,(H,24,28)/t14-,15?/m0/s1. The monoisotopic (exact) mass is 406 g/mol. The molecular formula is C20H24F2N4O3. The van der Waals surface area contributed by atoms with Gasteiger partial charge in [0.2, 0.25) is 23.4 Å².